The molecular weight excluding hydrogens is 1810 g/mol. The molecule has 21 nitrogen and oxygen atoms in total. The van der Waals surface area contributed by atoms with Gasteiger partial charge in [0.2, 0.25) is 0 Å². The van der Waals surface area contributed by atoms with Crippen molar-refractivity contribution < 1.29 is 47.6 Å². The summed E-state index contributed by atoms with van der Waals surface area (Å²) in [6.45, 7) is 21.6. The first-order valence-electron chi connectivity index (χ1n) is 39.0. The van der Waals surface area contributed by atoms with E-state index in [1.54, 1.807) is 93.8 Å². The van der Waals surface area contributed by atoms with Gasteiger partial charge in [-0.05, 0) is 338 Å². The third-order valence-corrected chi connectivity index (χ3v) is 18.2. The molecule has 650 valence electrons. The van der Waals surface area contributed by atoms with Gasteiger partial charge in [-0.1, -0.05) is 117 Å². The third-order valence-electron chi connectivity index (χ3n) is 16.7. The van der Waals surface area contributed by atoms with Crippen molar-refractivity contribution in [1.82, 2.24) is 4.90 Å². The van der Waals surface area contributed by atoms with Gasteiger partial charge in [-0.25, -0.2) is 29.4 Å². The number of aliphatic imine (C=N–C) groups is 10. The molecule has 0 radical (unpaired) electrons. The van der Waals surface area contributed by atoms with Crippen LogP contribution in [0.5, 0.6) is 5.75 Å². The van der Waals surface area contributed by atoms with Crippen molar-refractivity contribution in [3.05, 3.63) is 201 Å². The van der Waals surface area contributed by atoms with Crippen LogP contribution in [0.15, 0.2) is 212 Å². The fraction of sp³-hybridized carbons (Fsp3) is 0.385. The molecule has 1 saturated carbocycles. The van der Waals surface area contributed by atoms with Crippen LogP contribution in [0.25, 0.3) is 0 Å². The summed E-state index contributed by atoms with van der Waals surface area (Å²) in [4.78, 5) is 84.5. The zero-order chi connectivity index (χ0) is 91.3. The van der Waals surface area contributed by atoms with Gasteiger partial charge in [0, 0.05) is 30.7 Å². The Bertz CT molecular complexity index is 4780. The van der Waals surface area contributed by atoms with Crippen molar-refractivity contribution in [1.29, 1.82) is 0 Å². The summed E-state index contributed by atoms with van der Waals surface area (Å²) in [7, 11) is 4.28. The smallest absolute Gasteiger partial charge is 0.340 e. The first-order chi connectivity index (χ1) is 59.7. The standard InChI is InChI=1S/C16H21NS.C10H9NO2S.2C9H7NO2S.C9H9NS.C9H17NS.C8H6BrNS.C8H7NOS.C7H12N2OS.C6H9NO2S/c1-2-3-13-4-6-14(7-5-13)15-8-10-16(11-9-15)17-12-18;1-2-13-10(12)8-5-3-4-6-9(8)11-7-14;1-12-9(11)7-2-4-8(5-3-7)10-6-13;1-12-9(11)7-4-2-3-5-8(7)10-6-13;1-7-3-8(2)5-9(4-7)10-6-11;1-2-3-4-5-6-7-8-10-9-11;1-6-4-7(9)2-3-8(6)10-5-11;1-10-8-4-2-7(3-5-8)9-6-11;11-7-8-1-2-9-3-5-10-6-4-9;1-2-9-6(8)3-4-7-5-10/h8-11,13-14H,2-7H2,1H3;3-6H,2H2,1H3;2*2-5H,1H3;3-5H,1-2H3;2-8H2,1H3;2-4H,1H3;2-5H,1H3;1-6H2;2-4H2,1H3. The van der Waals surface area contributed by atoms with Gasteiger partial charge >= 0.3 is 23.9 Å². The lowest BCUT2D eigenvalue weighted by Gasteiger charge is -2.28. The minimum absolute atomic E-state index is 0.239. The highest BCUT2D eigenvalue weighted by molar-refractivity contribution is 9.10. The van der Waals surface area contributed by atoms with Crippen molar-refractivity contribution in [2.75, 3.05) is 87.0 Å². The SMILES string of the molecule is CCCC1CCC(c2ccc(N=C=S)cc2)CC1.CCCCCCCCN=C=S.CCOC(=O)CCN=C=S.CCOC(=O)c1ccccc1N=C=S.COC(=O)c1ccc(N=C=S)cc1.COC(=O)c1ccccc1N=C=S.COc1ccc(N=C=S)cc1.Cc1cc(Br)ccc1N=C=S.Cc1cc(C)cc(N=C=S)c1.S=C=NCCN1CCOCC1. The zero-order valence-electron chi connectivity index (χ0n) is 70.9. The number of methoxy groups -OCH3 is 3. The molecule has 0 amide bonds. The zero-order valence-corrected chi connectivity index (χ0v) is 80.6. The second-order valence-electron chi connectivity index (χ2n) is 25.5. The number of hydrogen-bond donors (Lipinski definition) is 0. The maximum absolute atomic E-state index is 11.4. The van der Waals surface area contributed by atoms with Crippen molar-refractivity contribution in [3.8, 4) is 5.75 Å². The molecule has 0 atom stereocenters. The van der Waals surface area contributed by atoms with Gasteiger partial charge in [0.15, 0.2) is 0 Å². The van der Waals surface area contributed by atoms with Gasteiger partial charge in [-0.3, -0.25) is 9.69 Å². The molecule has 0 N–H and O–H groups in total. The number of benzene rings is 7. The van der Waals surface area contributed by atoms with Gasteiger partial charge in [0.25, 0.3) is 0 Å². The van der Waals surface area contributed by atoms with Crippen molar-refractivity contribution in [2.45, 2.75) is 138 Å². The molecule has 123 heavy (non-hydrogen) atoms. The Hall–Kier alpha value is -9.38. The number of ether oxygens (including phenoxy) is 6. The van der Waals surface area contributed by atoms with E-state index in [4.69, 9.17) is 14.2 Å². The maximum atomic E-state index is 11.4. The maximum Gasteiger partial charge on any atom is 0.340 e. The number of thiocarbonyl (C=S) groups is 10. The third kappa shape index (κ3) is 56.9. The van der Waals surface area contributed by atoms with Crippen LogP contribution in [0.3, 0.4) is 0 Å². The van der Waals surface area contributed by atoms with Crippen molar-refractivity contribution in [3.63, 3.8) is 0 Å². The summed E-state index contributed by atoms with van der Waals surface area (Å²) in [5, 5.41) is 23.0. The molecule has 32 heteroatoms. The van der Waals surface area contributed by atoms with Gasteiger partial charge in [-0.2, -0.15) is 34.9 Å². The number of isothiocyanates is 10. The predicted molar refractivity (Wildman–Crippen MR) is 536 cm³/mol. The molecular formula is C91H104BrN11O10S10. The fourth-order valence-electron chi connectivity index (χ4n) is 10.9. The van der Waals surface area contributed by atoms with Crippen LogP contribution in [-0.2, 0) is 28.5 Å². The van der Waals surface area contributed by atoms with Crippen LogP contribution in [0.1, 0.15) is 170 Å². The number of halogens is 1. The average molecular weight is 1910 g/mol. The molecule has 0 bridgehead atoms. The second kappa shape index (κ2) is 77.4. The van der Waals surface area contributed by atoms with Crippen LogP contribution >= 0.6 is 138 Å². The number of rotatable bonds is 29. The Morgan fingerprint density at radius 2 is 0.902 bits per heavy atom. The highest BCUT2D eigenvalue weighted by Crippen LogP contribution is 2.38. The molecule has 1 aliphatic carbocycles. The number of unbranched alkanes of at least 4 members (excludes halogenated alkanes) is 5. The second-order valence-corrected chi connectivity index (χ2v) is 28.2. The molecule has 2 fully saturated rings. The Kier molecular flexibility index (Phi) is 71.5. The molecule has 1 aliphatic heterocycles. The predicted octanol–water partition coefficient (Wildman–Crippen LogP) is 26.4. The van der Waals surface area contributed by atoms with E-state index in [9.17, 15) is 19.2 Å². The summed E-state index contributed by atoms with van der Waals surface area (Å²) in [5.74, 6) is 1.12. The lowest BCUT2D eigenvalue weighted by Crippen LogP contribution is -2.37. The summed E-state index contributed by atoms with van der Waals surface area (Å²) in [6.07, 6.45) is 16.4. The molecule has 0 unspecified atom stereocenters. The average Bonchev–Trinajstić information content (AvgIpc) is 0.855. The van der Waals surface area contributed by atoms with E-state index < -0.39 is 11.9 Å². The fourth-order valence-corrected chi connectivity index (χ4v) is 12.4. The Balaban J connectivity index is 0.00000135. The van der Waals surface area contributed by atoms with E-state index in [1.165, 1.54) is 108 Å². The van der Waals surface area contributed by atoms with Crippen LogP contribution in [0, 0.1) is 26.7 Å². The number of hydrogen-bond acceptors (Lipinski definition) is 31. The Labute approximate surface area is 786 Å². The van der Waals surface area contributed by atoms with E-state index in [0.717, 1.165) is 96.3 Å². The lowest BCUT2D eigenvalue weighted by atomic mass is 9.77. The molecule has 0 aromatic heterocycles. The summed E-state index contributed by atoms with van der Waals surface area (Å²) in [6, 6.07) is 47.9. The number of para-hydroxylation sites is 2. The minimum atomic E-state index is -0.426. The molecule has 0 spiro atoms. The number of esters is 4. The molecule has 1 heterocycles. The number of nitrogens with zero attached hydrogens (tertiary/aromatic N) is 11. The van der Waals surface area contributed by atoms with Crippen LogP contribution < -0.4 is 4.74 Å². The van der Waals surface area contributed by atoms with Crippen LogP contribution in [0.4, 0.5) is 39.8 Å². The highest BCUT2D eigenvalue weighted by Gasteiger charge is 2.22. The van der Waals surface area contributed by atoms with Gasteiger partial charge in [-0.15, -0.1) is 0 Å². The highest BCUT2D eigenvalue weighted by atomic mass is 79.9. The lowest BCUT2D eigenvalue weighted by molar-refractivity contribution is -0.142. The van der Waals surface area contributed by atoms with Gasteiger partial charge in [0.05, 0.1) is 175 Å². The molecule has 2 aliphatic rings. The van der Waals surface area contributed by atoms with Crippen molar-refractivity contribution >= 4 is 253 Å². The topological polar surface area (TPSA) is 250 Å². The summed E-state index contributed by atoms with van der Waals surface area (Å²) < 4.78 is 29.8. The van der Waals surface area contributed by atoms with E-state index >= 15 is 0 Å². The van der Waals surface area contributed by atoms with Crippen molar-refractivity contribution in [2.24, 2.45) is 55.8 Å². The first-order valence-corrected chi connectivity index (χ1v) is 43.9. The van der Waals surface area contributed by atoms with Crippen LogP contribution in [0.2, 0.25) is 0 Å². The van der Waals surface area contributed by atoms with E-state index in [2.05, 4.69) is 291 Å². The van der Waals surface area contributed by atoms with Gasteiger partial charge < -0.3 is 28.4 Å². The van der Waals surface area contributed by atoms with Crippen LogP contribution in [-0.4, -0.2) is 167 Å². The van der Waals surface area contributed by atoms with Gasteiger partial charge in [0.1, 0.15) is 5.75 Å². The monoisotopic (exact) mass is 1910 g/mol. The molecule has 9 rings (SSSR count). The van der Waals surface area contributed by atoms with E-state index in [0.29, 0.717) is 53.5 Å². The number of morpholine rings is 1. The normalized spacial score (nSPS) is 11.8. The quantitative estimate of drug-likeness (QED) is 0.0139. The number of carbonyl (C=O) groups is 4. The number of aryl methyl sites for hydroxylation is 3. The first kappa shape index (κ1) is 114. The van der Waals surface area contributed by atoms with E-state index in [-0.39, 0.29) is 18.4 Å². The Morgan fingerprint density at radius 3 is 1.37 bits per heavy atom. The molecule has 7 aromatic rings. The number of carbonyl (C=O) groups excluding carboxylic acids is 4. The minimum Gasteiger partial charge on any atom is -0.497 e. The summed E-state index contributed by atoms with van der Waals surface area (Å²) >= 11 is 48.0. The molecule has 7 aromatic carbocycles. The molecule has 1 saturated heterocycles. The largest absolute Gasteiger partial charge is 0.497 e. The summed E-state index contributed by atoms with van der Waals surface area (Å²) in [5.41, 5.74) is 11.4. The van der Waals surface area contributed by atoms with E-state index in [1.807, 2.05) is 87.5 Å². The Morgan fingerprint density at radius 1 is 0.447 bits per heavy atom.